The van der Waals surface area contributed by atoms with Crippen molar-refractivity contribution in [2.24, 2.45) is 0 Å². The molecule has 0 radical (unpaired) electrons. The van der Waals surface area contributed by atoms with Gasteiger partial charge in [-0.25, -0.2) is 14.1 Å². The minimum Gasteiger partial charge on any atom is -0.447 e. The van der Waals surface area contributed by atoms with Crippen molar-refractivity contribution < 1.29 is 18.7 Å². The fourth-order valence-electron chi connectivity index (χ4n) is 2.69. The Morgan fingerprint density at radius 2 is 2.12 bits per heavy atom. The van der Waals surface area contributed by atoms with Gasteiger partial charge in [-0.2, -0.15) is 0 Å². The van der Waals surface area contributed by atoms with E-state index in [1.54, 1.807) is 18.2 Å². The summed E-state index contributed by atoms with van der Waals surface area (Å²) < 4.78 is 20.8. The molecule has 130 valence electrons. The number of hydrogen-bond acceptors (Lipinski definition) is 6. The average Bonchev–Trinajstić information content (AvgIpc) is 3.21. The van der Waals surface area contributed by atoms with Crippen LogP contribution in [-0.4, -0.2) is 50.6 Å². The summed E-state index contributed by atoms with van der Waals surface area (Å²) in [5, 5.41) is 8.83. The highest BCUT2D eigenvalue weighted by atomic mass is 32.2. The highest BCUT2D eigenvalue weighted by Gasteiger charge is 2.32. The standard InChI is InChI=1S/C16H15FN4O3S/c17-12-4-2-1-3-11(12)14-18-19-15(21(14)10-5-6-10)25-9-13(22)20-7-8-24-16(20)23/h1-4,10H,5-9H2. The van der Waals surface area contributed by atoms with Gasteiger partial charge in [0.1, 0.15) is 12.4 Å². The molecule has 2 aliphatic rings. The van der Waals surface area contributed by atoms with E-state index < -0.39 is 6.09 Å². The van der Waals surface area contributed by atoms with Crippen LogP contribution in [0.2, 0.25) is 0 Å². The Kier molecular flexibility index (Phi) is 4.16. The van der Waals surface area contributed by atoms with Gasteiger partial charge >= 0.3 is 6.09 Å². The van der Waals surface area contributed by atoms with Crippen LogP contribution in [0.4, 0.5) is 9.18 Å². The zero-order chi connectivity index (χ0) is 17.4. The lowest BCUT2D eigenvalue weighted by Gasteiger charge is -2.11. The van der Waals surface area contributed by atoms with E-state index in [2.05, 4.69) is 10.2 Å². The summed E-state index contributed by atoms with van der Waals surface area (Å²) in [6, 6.07) is 6.65. The molecule has 2 fully saturated rings. The summed E-state index contributed by atoms with van der Waals surface area (Å²) in [6.07, 6.45) is 1.33. The second-order valence-corrected chi connectivity index (χ2v) is 6.78. The van der Waals surface area contributed by atoms with E-state index in [9.17, 15) is 14.0 Å². The molecule has 1 saturated heterocycles. The number of cyclic esters (lactones) is 1. The van der Waals surface area contributed by atoms with Crippen molar-refractivity contribution in [1.82, 2.24) is 19.7 Å². The minimum atomic E-state index is -0.610. The number of hydrogen-bond donors (Lipinski definition) is 0. The van der Waals surface area contributed by atoms with Crippen LogP contribution in [-0.2, 0) is 9.53 Å². The molecule has 2 amide bonds. The molecule has 1 aliphatic carbocycles. The third-order valence-electron chi connectivity index (χ3n) is 4.08. The molecule has 1 aromatic carbocycles. The molecule has 1 saturated carbocycles. The summed E-state index contributed by atoms with van der Waals surface area (Å²) in [7, 11) is 0. The molecule has 25 heavy (non-hydrogen) atoms. The van der Waals surface area contributed by atoms with Gasteiger partial charge in [0.15, 0.2) is 11.0 Å². The van der Waals surface area contributed by atoms with Crippen molar-refractivity contribution >= 4 is 23.8 Å². The number of rotatable bonds is 5. The number of nitrogens with zero attached hydrogens (tertiary/aromatic N) is 4. The smallest absolute Gasteiger partial charge is 0.416 e. The Labute approximate surface area is 147 Å². The first-order valence-electron chi connectivity index (χ1n) is 7.95. The van der Waals surface area contributed by atoms with Gasteiger partial charge in [0.25, 0.3) is 0 Å². The SMILES string of the molecule is O=C(CSc1nnc(-c2ccccc2F)n1C1CC1)N1CCOC1=O. The Balaban J connectivity index is 1.56. The molecule has 0 unspecified atom stereocenters. The zero-order valence-electron chi connectivity index (χ0n) is 13.2. The number of thioether (sulfide) groups is 1. The summed E-state index contributed by atoms with van der Waals surface area (Å²) in [5.74, 6) is -0.164. The number of benzene rings is 1. The second-order valence-electron chi connectivity index (χ2n) is 5.84. The van der Waals surface area contributed by atoms with E-state index in [0.29, 0.717) is 16.5 Å². The number of ether oxygens (including phenoxy) is 1. The highest BCUT2D eigenvalue weighted by Crippen LogP contribution is 2.41. The van der Waals surface area contributed by atoms with Crippen molar-refractivity contribution in [1.29, 1.82) is 0 Å². The molecule has 7 nitrogen and oxygen atoms in total. The zero-order valence-corrected chi connectivity index (χ0v) is 14.0. The number of carbonyl (C=O) groups is 2. The van der Waals surface area contributed by atoms with Crippen LogP contribution in [0.25, 0.3) is 11.4 Å². The largest absolute Gasteiger partial charge is 0.447 e. The summed E-state index contributed by atoms with van der Waals surface area (Å²) in [5.41, 5.74) is 0.392. The number of amides is 2. The van der Waals surface area contributed by atoms with E-state index in [1.165, 1.54) is 17.8 Å². The van der Waals surface area contributed by atoms with Crippen LogP contribution < -0.4 is 0 Å². The molecule has 0 spiro atoms. The van der Waals surface area contributed by atoms with Gasteiger partial charge in [-0.1, -0.05) is 23.9 Å². The first-order valence-corrected chi connectivity index (χ1v) is 8.93. The van der Waals surface area contributed by atoms with Crippen molar-refractivity contribution in [3.8, 4) is 11.4 Å². The molecule has 1 aromatic heterocycles. The first-order chi connectivity index (χ1) is 12.1. The lowest BCUT2D eigenvalue weighted by Crippen LogP contribution is -2.33. The number of halogens is 1. The van der Waals surface area contributed by atoms with Gasteiger partial charge in [0.05, 0.1) is 17.9 Å². The number of aromatic nitrogens is 3. The molecule has 0 bridgehead atoms. The van der Waals surface area contributed by atoms with Gasteiger partial charge < -0.3 is 4.74 Å². The third kappa shape index (κ3) is 3.11. The molecular formula is C16H15FN4O3S. The topological polar surface area (TPSA) is 77.3 Å². The monoisotopic (exact) mass is 362 g/mol. The molecule has 2 heterocycles. The van der Waals surface area contributed by atoms with Crippen molar-refractivity contribution in [3.63, 3.8) is 0 Å². The first kappa shape index (κ1) is 16.1. The van der Waals surface area contributed by atoms with Crippen LogP contribution in [0, 0.1) is 5.82 Å². The molecule has 4 rings (SSSR count). The Hall–Kier alpha value is -2.42. The maximum absolute atomic E-state index is 14.1. The lowest BCUT2D eigenvalue weighted by atomic mass is 10.2. The van der Waals surface area contributed by atoms with E-state index in [4.69, 9.17) is 4.74 Å². The quantitative estimate of drug-likeness (QED) is 0.761. The maximum atomic E-state index is 14.1. The van der Waals surface area contributed by atoms with Gasteiger partial charge in [-0.3, -0.25) is 9.36 Å². The van der Waals surface area contributed by atoms with Gasteiger partial charge in [-0.05, 0) is 25.0 Å². The van der Waals surface area contributed by atoms with Crippen LogP contribution in [0.3, 0.4) is 0 Å². The lowest BCUT2D eigenvalue weighted by molar-refractivity contribution is -0.125. The van der Waals surface area contributed by atoms with E-state index in [-0.39, 0.29) is 36.7 Å². The fourth-order valence-corrected chi connectivity index (χ4v) is 3.57. The predicted octanol–water partition coefficient (Wildman–Crippen LogP) is 2.49. The number of imide groups is 1. The third-order valence-corrected chi connectivity index (χ3v) is 5.01. The van der Waals surface area contributed by atoms with E-state index in [0.717, 1.165) is 17.7 Å². The Morgan fingerprint density at radius 1 is 1.32 bits per heavy atom. The van der Waals surface area contributed by atoms with Crippen LogP contribution in [0.15, 0.2) is 29.4 Å². The van der Waals surface area contributed by atoms with Gasteiger partial charge in [0, 0.05) is 6.04 Å². The Bertz CT molecular complexity index is 837. The number of carbonyl (C=O) groups excluding carboxylic acids is 2. The fraction of sp³-hybridized carbons (Fsp3) is 0.375. The predicted molar refractivity (Wildman–Crippen MR) is 87.5 cm³/mol. The normalized spacial score (nSPS) is 17.0. The van der Waals surface area contributed by atoms with E-state index in [1.807, 2.05) is 4.57 Å². The van der Waals surface area contributed by atoms with Crippen molar-refractivity contribution in [3.05, 3.63) is 30.1 Å². The molecule has 0 N–H and O–H groups in total. The highest BCUT2D eigenvalue weighted by molar-refractivity contribution is 7.99. The second kappa shape index (κ2) is 6.47. The molecule has 1 aliphatic heterocycles. The van der Waals surface area contributed by atoms with Crippen LogP contribution in [0.5, 0.6) is 0 Å². The molecule has 9 heteroatoms. The summed E-state index contributed by atoms with van der Waals surface area (Å²) in [6.45, 7) is 0.499. The van der Waals surface area contributed by atoms with E-state index >= 15 is 0 Å². The van der Waals surface area contributed by atoms with Crippen LogP contribution in [0.1, 0.15) is 18.9 Å². The van der Waals surface area contributed by atoms with Gasteiger partial charge in [-0.15, -0.1) is 10.2 Å². The average molecular weight is 362 g/mol. The molecule has 0 atom stereocenters. The maximum Gasteiger partial charge on any atom is 0.416 e. The molecular weight excluding hydrogens is 347 g/mol. The Morgan fingerprint density at radius 3 is 2.80 bits per heavy atom. The minimum absolute atomic E-state index is 0.0528. The van der Waals surface area contributed by atoms with Crippen molar-refractivity contribution in [2.45, 2.75) is 24.0 Å². The van der Waals surface area contributed by atoms with Gasteiger partial charge in [0.2, 0.25) is 5.91 Å². The molecule has 2 aromatic rings. The van der Waals surface area contributed by atoms with Crippen LogP contribution >= 0.6 is 11.8 Å². The summed E-state index contributed by atoms with van der Waals surface area (Å²) >= 11 is 1.20. The van der Waals surface area contributed by atoms with Crippen molar-refractivity contribution in [2.75, 3.05) is 18.9 Å². The summed E-state index contributed by atoms with van der Waals surface area (Å²) in [4.78, 5) is 24.7.